The number of urea groups is 1. The number of amides is 2. The van der Waals surface area contributed by atoms with E-state index in [0.717, 1.165) is 13.0 Å². The third-order valence-electron chi connectivity index (χ3n) is 2.61. The van der Waals surface area contributed by atoms with Crippen LogP contribution in [0.5, 0.6) is 0 Å². The second kappa shape index (κ2) is 9.57. The molecule has 19 heavy (non-hydrogen) atoms. The van der Waals surface area contributed by atoms with Crippen molar-refractivity contribution in [1.82, 2.24) is 15.5 Å². The third kappa shape index (κ3) is 10.3. The number of rotatable bonds is 9. The van der Waals surface area contributed by atoms with Crippen molar-refractivity contribution in [2.75, 3.05) is 34.3 Å². The Hall–Kier alpha value is -1.34. The predicted molar refractivity (Wildman–Crippen MR) is 72.2 cm³/mol. The molecule has 0 radical (unpaired) electrons. The molecule has 0 spiro atoms. The van der Waals surface area contributed by atoms with E-state index in [9.17, 15) is 9.59 Å². The molecule has 0 heterocycles. The van der Waals surface area contributed by atoms with E-state index in [1.54, 1.807) is 0 Å². The van der Waals surface area contributed by atoms with Crippen molar-refractivity contribution in [3.8, 4) is 0 Å². The van der Waals surface area contributed by atoms with Gasteiger partial charge in [-0.3, -0.25) is 4.79 Å². The van der Waals surface area contributed by atoms with E-state index in [0.29, 0.717) is 0 Å². The fraction of sp³-hybridized carbons (Fsp3) is 0.833. The zero-order chi connectivity index (χ0) is 14.8. The molecule has 0 saturated heterocycles. The van der Waals surface area contributed by atoms with Gasteiger partial charge in [-0.1, -0.05) is 0 Å². The summed E-state index contributed by atoms with van der Waals surface area (Å²) in [5.74, 6) is -0.951. The summed E-state index contributed by atoms with van der Waals surface area (Å²) in [6.45, 7) is 2.99. The average Bonchev–Trinajstić information content (AvgIpc) is 2.31. The molecule has 0 aromatic rings. The van der Waals surface area contributed by atoms with Gasteiger partial charge in [-0.25, -0.2) is 4.79 Å². The number of carbonyl (C=O) groups is 2. The molecule has 7 heteroatoms. The number of nitrogens with one attached hydrogen (secondary N) is 2. The lowest BCUT2D eigenvalue weighted by Gasteiger charge is -2.18. The zero-order valence-corrected chi connectivity index (χ0v) is 12.1. The summed E-state index contributed by atoms with van der Waals surface area (Å²) in [6, 6.07) is -0.249. The minimum absolute atomic E-state index is 0.0582. The first-order valence-electron chi connectivity index (χ1n) is 6.28. The molecule has 3 N–H and O–H groups in total. The van der Waals surface area contributed by atoms with Crippen LogP contribution in [0.2, 0.25) is 0 Å². The summed E-state index contributed by atoms with van der Waals surface area (Å²) in [5.41, 5.74) is 0. The summed E-state index contributed by atoms with van der Waals surface area (Å²) in [7, 11) is 5.37. The average molecular weight is 275 g/mol. The van der Waals surface area contributed by atoms with Crippen LogP contribution in [0.25, 0.3) is 0 Å². The SMILES string of the molecule is COC(CNC(=O)NC(C)CCN(C)C)CC(=O)O. The van der Waals surface area contributed by atoms with Crippen LogP contribution < -0.4 is 10.6 Å². The van der Waals surface area contributed by atoms with Crippen LogP contribution in [-0.4, -0.2) is 68.4 Å². The van der Waals surface area contributed by atoms with Gasteiger partial charge in [0.15, 0.2) is 0 Å². The predicted octanol–water partition coefficient (Wildman–Crippen LogP) is 0.116. The second-order valence-corrected chi connectivity index (χ2v) is 4.80. The molecule has 112 valence electrons. The number of hydrogen-bond donors (Lipinski definition) is 3. The monoisotopic (exact) mass is 275 g/mol. The van der Waals surface area contributed by atoms with Crippen molar-refractivity contribution in [3.05, 3.63) is 0 Å². The highest BCUT2D eigenvalue weighted by atomic mass is 16.5. The molecular formula is C12H25N3O4. The lowest BCUT2D eigenvalue weighted by atomic mass is 10.2. The molecule has 0 fully saturated rings. The van der Waals surface area contributed by atoms with Gasteiger partial charge >= 0.3 is 12.0 Å². The maximum absolute atomic E-state index is 11.6. The summed E-state index contributed by atoms with van der Waals surface area (Å²) >= 11 is 0. The number of ether oxygens (including phenoxy) is 1. The van der Waals surface area contributed by atoms with E-state index in [2.05, 4.69) is 10.6 Å². The molecule has 2 amide bonds. The molecule has 0 rings (SSSR count). The van der Waals surface area contributed by atoms with E-state index in [-0.39, 0.29) is 25.0 Å². The normalized spacial score (nSPS) is 13.9. The smallest absolute Gasteiger partial charge is 0.315 e. The zero-order valence-electron chi connectivity index (χ0n) is 12.1. The van der Waals surface area contributed by atoms with E-state index in [1.807, 2.05) is 25.9 Å². The Morgan fingerprint density at radius 3 is 2.47 bits per heavy atom. The largest absolute Gasteiger partial charge is 0.481 e. The van der Waals surface area contributed by atoms with Crippen LogP contribution in [0.15, 0.2) is 0 Å². The number of nitrogens with zero attached hydrogens (tertiary/aromatic N) is 1. The number of carbonyl (C=O) groups excluding carboxylic acids is 1. The Kier molecular flexibility index (Phi) is 8.90. The van der Waals surface area contributed by atoms with Crippen molar-refractivity contribution >= 4 is 12.0 Å². The summed E-state index contributed by atoms with van der Waals surface area (Å²) in [6.07, 6.45) is 0.205. The fourth-order valence-corrected chi connectivity index (χ4v) is 1.44. The molecule has 2 unspecified atom stereocenters. The van der Waals surface area contributed by atoms with Crippen LogP contribution in [-0.2, 0) is 9.53 Å². The molecule has 7 nitrogen and oxygen atoms in total. The van der Waals surface area contributed by atoms with Crippen LogP contribution in [0.4, 0.5) is 4.79 Å². The van der Waals surface area contributed by atoms with Crippen LogP contribution in [0, 0.1) is 0 Å². The molecule has 0 saturated carbocycles. The molecule has 2 atom stereocenters. The second-order valence-electron chi connectivity index (χ2n) is 4.80. The highest BCUT2D eigenvalue weighted by molar-refractivity contribution is 5.74. The summed E-state index contributed by atoms with van der Waals surface area (Å²) in [4.78, 5) is 24.1. The van der Waals surface area contributed by atoms with Gasteiger partial charge in [0.2, 0.25) is 0 Å². The molecule has 0 aliphatic heterocycles. The quantitative estimate of drug-likeness (QED) is 0.556. The lowest BCUT2D eigenvalue weighted by Crippen LogP contribution is -2.44. The van der Waals surface area contributed by atoms with Gasteiger partial charge < -0.3 is 25.4 Å². The maximum atomic E-state index is 11.6. The van der Waals surface area contributed by atoms with Crippen molar-refractivity contribution in [2.45, 2.75) is 31.9 Å². The first-order chi connectivity index (χ1) is 8.85. The number of hydrogen-bond acceptors (Lipinski definition) is 4. The Balaban J connectivity index is 3.87. The van der Waals surface area contributed by atoms with Gasteiger partial charge in [0, 0.05) is 19.7 Å². The van der Waals surface area contributed by atoms with E-state index in [4.69, 9.17) is 9.84 Å². The lowest BCUT2D eigenvalue weighted by molar-refractivity contribution is -0.139. The maximum Gasteiger partial charge on any atom is 0.315 e. The highest BCUT2D eigenvalue weighted by Crippen LogP contribution is 1.96. The summed E-state index contributed by atoms with van der Waals surface area (Å²) in [5, 5.41) is 14.0. The first-order valence-corrected chi connectivity index (χ1v) is 6.28. The third-order valence-corrected chi connectivity index (χ3v) is 2.61. The topological polar surface area (TPSA) is 90.9 Å². The van der Waals surface area contributed by atoms with Gasteiger partial charge in [-0.2, -0.15) is 0 Å². The molecule has 0 aromatic carbocycles. The Morgan fingerprint density at radius 1 is 1.37 bits per heavy atom. The summed E-state index contributed by atoms with van der Waals surface area (Å²) < 4.78 is 4.97. The van der Waals surface area contributed by atoms with Crippen LogP contribution >= 0.6 is 0 Å². The minimum Gasteiger partial charge on any atom is -0.481 e. The van der Waals surface area contributed by atoms with Gasteiger partial charge in [0.25, 0.3) is 0 Å². The van der Waals surface area contributed by atoms with Gasteiger partial charge in [-0.15, -0.1) is 0 Å². The van der Waals surface area contributed by atoms with Crippen LogP contribution in [0.1, 0.15) is 19.8 Å². The Bertz CT molecular complexity index is 284. The molecular weight excluding hydrogens is 250 g/mol. The standard InChI is InChI=1S/C12H25N3O4/c1-9(5-6-15(2)3)14-12(18)13-8-10(19-4)7-11(16)17/h9-10H,5-8H2,1-4H3,(H,16,17)(H2,13,14,18). The molecule has 0 aliphatic carbocycles. The fourth-order valence-electron chi connectivity index (χ4n) is 1.44. The van der Waals surface area contributed by atoms with Crippen molar-refractivity contribution < 1.29 is 19.4 Å². The van der Waals surface area contributed by atoms with E-state index < -0.39 is 12.1 Å². The highest BCUT2D eigenvalue weighted by Gasteiger charge is 2.14. The van der Waals surface area contributed by atoms with E-state index >= 15 is 0 Å². The van der Waals surface area contributed by atoms with Gasteiger partial charge in [0.05, 0.1) is 12.5 Å². The van der Waals surface area contributed by atoms with Crippen molar-refractivity contribution in [1.29, 1.82) is 0 Å². The molecule has 0 aliphatic rings. The molecule has 0 aromatic heterocycles. The number of methoxy groups -OCH3 is 1. The number of carboxylic acids is 1. The minimum atomic E-state index is -0.951. The van der Waals surface area contributed by atoms with E-state index in [1.165, 1.54) is 7.11 Å². The first kappa shape index (κ1) is 17.7. The van der Waals surface area contributed by atoms with Crippen molar-refractivity contribution in [3.63, 3.8) is 0 Å². The van der Waals surface area contributed by atoms with Gasteiger partial charge in [-0.05, 0) is 34.0 Å². The number of carboxylic acid groups (broad SMARTS) is 1. The Morgan fingerprint density at radius 2 is 2.00 bits per heavy atom. The number of aliphatic carboxylic acids is 1. The van der Waals surface area contributed by atoms with Gasteiger partial charge in [0.1, 0.15) is 0 Å². The molecule has 0 bridgehead atoms. The van der Waals surface area contributed by atoms with Crippen LogP contribution in [0.3, 0.4) is 0 Å². The Labute approximate surface area is 114 Å². The van der Waals surface area contributed by atoms with Crippen molar-refractivity contribution in [2.24, 2.45) is 0 Å².